The predicted molar refractivity (Wildman–Crippen MR) is 59.9 cm³/mol. The molecular formula is C11H9ClN2O2. The molecule has 0 atom stereocenters. The highest BCUT2D eigenvalue weighted by Crippen LogP contribution is 2.17. The van der Waals surface area contributed by atoms with Gasteiger partial charge in [0.05, 0.1) is 22.8 Å². The van der Waals surface area contributed by atoms with E-state index in [9.17, 15) is 4.79 Å². The summed E-state index contributed by atoms with van der Waals surface area (Å²) in [5.74, 6) is -0.944. The standard InChI is InChI=1S/C11H9ClN2O2/c12-9-7-14(8-4-2-1-3-5-8)13-10(9)6-11(15)16/h1-5,7H,6H2,(H,15,16). The molecule has 1 N–H and O–H groups in total. The van der Waals surface area contributed by atoms with Gasteiger partial charge in [0.15, 0.2) is 0 Å². The summed E-state index contributed by atoms with van der Waals surface area (Å²) in [4.78, 5) is 10.6. The summed E-state index contributed by atoms with van der Waals surface area (Å²) in [5.41, 5.74) is 1.22. The van der Waals surface area contributed by atoms with E-state index >= 15 is 0 Å². The van der Waals surface area contributed by atoms with Crippen molar-refractivity contribution in [1.82, 2.24) is 9.78 Å². The summed E-state index contributed by atoms with van der Waals surface area (Å²) in [5, 5.41) is 13.2. The quantitative estimate of drug-likeness (QED) is 0.889. The minimum atomic E-state index is -0.944. The van der Waals surface area contributed by atoms with E-state index in [1.165, 1.54) is 0 Å². The maximum Gasteiger partial charge on any atom is 0.309 e. The number of hydrogen-bond acceptors (Lipinski definition) is 2. The fourth-order valence-electron chi connectivity index (χ4n) is 1.36. The number of rotatable bonds is 3. The fraction of sp³-hybridized carbons (Fsp3) is 0.0909. The molecule has 0 amide bonds. The lowest BCUT2D eigenvalue weighted by molar-refractivity contribution is -0.136. The van der Waals surface area contributed by atoms with E-state index in [1.807, 2.05) is 30.3 Å². The minimum Gasteiger partial charge on any atom is -0.481 e. The van der Waals surface area contributed by atoms with Gasteiger partial charge >= 0.3 is 5.97 Å². The average molecular weight is 237 g/mol. The number of carboxylic acids is 1. The van der Waals surface area contributed by atoms with Gasteiger partial charge in [-0.05, 0) is 12.1 Å². The topological polar surface area (TPSA) is 55.1 Å². The largest absolute Gasteiger partial charge is 0.481 e. The Hall–Kier alpha value is -1.81. The zero-order chi connectivity index (χ0) is 11.5. The molecule has 5 heteroatoms. The molecule has 0 aliphatic carbocycles. The molecule has 0 aliphatic rings. The van der Waals surface area contributed by atoms with Crippen molar-refractivity contribution in [3.8, 4) is 5.69 Å². The van der Waals surface area contributed by atoms with Crippen molar-refractivity contribution in [3.63, 3.8) is 0 Å². The zero-order valence-electron chi connectivity index (χ0n) is 8.30. The van der Waals surface area contributed by atoms with Gasteiger partial charge in [-0.3, -0.25) is 4.79 Å². The maximum absolute atomic E-state index is 10.6. The van der Waals surface area contributed by atoms with Crippen molar-refractivity contribution >= 4 is 17.6 Å². The van der Waals surface area contributed by atoms with E-state index in [0.29, 0.717) is 10.7 Å². The summed E-state index contributed by atoms with van der Waals surface area (Å²) < 4.78 is 1.57. The van der Waals surface area contributed by atoms with Crippen LogP contribution in [0.15, 0.2) is 36.5 Å². The number of aromatic nitrogens is 2. The Labute approximate surface area is 97.1 Å². The number of carboxylic acid groups (broad SMARTS) is 1. The number of halogens is 1. The van der Waals surface area contributed by atoms with E-state index in [2.05, 4.69) is 5.10 Å². The molecule has 1 aromatic carbocycles. The lowest BCUT2D eigenvalue weighted by Crippen LogP contribution is -2.02. The first-order chi connectivity index (χ1) is 7.66. The van der Waals surface area contributed by atoms with Crippen molar-refractivity contribution < 1.29 is 9.90 Å². The molecule has 0 radical (unpaired) electrons. The lowest BCUT2D eigenvalue weighted by atomic mass is 10.3. The molecule has 0 unspecified atom stereocenters. The molecule has 0 saturated heterocycles. The first-order valence-corrected chi connectivity index (χ1v) is 5.06. The Kier molecular flexibility index (Phi) is 2.92. The Bertz CT molecular complexity index is 508. The zero-order valence-corrected chi connectivity index (χ0v) is 9.05. The van der Waals surface area contributed by atoms with Crippen molar-refractivity contribution in [2.45, 2.75) is 6.42 Å². The van der Waals surface area contributed by atoms with Gasteiger partial charge in [-0.15, -0.1) is 0 Å². The Morgan fingerprint density at radius 2 is 2.06 bits per heavy atom. The molecule has 16 heavy (non-hydrogen) atoms. The molecule has 0 spiro atoms. The van der Waals surface area contributed by atoms with Crippen LogP contribution < -0.4 is 0 Å². The first kappa shape index (κ1) is 10.7. The number of benzene rings is 1. The highest BCUT2D eigenvalue weighted by Gasteiger charge is 2.11. The van der Waals surface area contributed by atoms with Gasteiger partial charge in [0, 0.05) is 6.20 Å². The van der Waals surface area contributed by atoms with Gasteiger partial charge in [0.1, 0.15) is 0 Å². The molecular weight excluding hydrogens is 228 g/mol. The highest BCUT2D eigenvalue weighted by atomic mass is 35.5. The van der Waals surface area contributed by atoms with Crippen LogP contribution in [0.4, 0.5) is 0 Å². The molecule has 82 valence electrons. The van der Waals surface area contributed by atoms with Crippen molar-refractivity contribution in [2.24, 2.45) is 0 Å². The third kappa shape index (κ3) is 2.23. The second-order valence-electron chi connectivity index (χ2n) is 3.27. The van der Waals surface area contributed by atoms with Crippen LogP contribution in [0.1, 0.15) is 5.69 Å². The molecule has 2 rings (SSSR count). The van der Waals surface area contributed by atoms with E-state index < -0.39 is 5.97 Å². The SMILES string of the molecule is O=C(O)Cc1nn(-c2ccccc2)cc1Cl. The second-order valence-corrected chi connectivity index (χ2v) is 3.68. The predicted octanol–water partition coefficient (Wildman–Crippen LogP) is 2.15. The molecule has 2 aromatic rings. The van der Waals surface area contributed by atoms with Crippen LogP contribution in [0, 0.1) is 0 Å². The fourth-order valence-corrected chi connectivity index (χ4v) is 1.56. The molecule has 0 bridgehead atoms. The van der Waals surface area contributed by atoms with Gasteiger partial charge < -0.3 is 5.11 Å². The Balaban J connectivity index is 2.34. The van der Waals surface area contributed by atoms with Crippen LogP contribution in [0.25, 0.3) is 5.69 Å². The van der Waals surface area contributed by atoms with Crippen LogP contribution >= 0.6 is 11.6 Å². The maximum atomic E-state index is 10.6. The van der Waals surface area contributed by atoms with Gasteiger partial charge in [-0.2, -0.15) is 5.10 Å². The normalized spacial score (nSPS) is 10.3. The van der Waals surface area contributed by atoms with E-state index in [1.54, 1.807) is 10.9 Å². The average Bonchev–Trinajstić information content (AvgIpc) is 2.61. The summed E-state index contributed by atoms with van der Waals surface area (Å²) in [6.45, 7) is 0. The number of carbonyl (C=O) groups is 1. The van der Waals surface area contributed by atoms with Crippen molar-refractivity contribution in [3.05, 3.63) is 47.2 Å². The van der Waals surface area contributed by atoms with E-state index in [0.717, 1.165) is 5.69 Å². The van der Waals surface area contributed by atoms with Crippen LogP contribution in [0.2, 0.25) is 5.02 Å². The molecule has 1 aromatic heterocycles. The Morgan fingerprint density at radius 1 is 1.38 bits per heavy atom. The Morgan fingerprint density at radius 3 is 2.69 bits per heavy atom. The number of aliphatic carboxylic acids is 1. The lowest BCUT2D eigenvalue weighted by Gasteiger charge is -1.98. The second kappa shape index (κ2) is 4.37. The van der Waals surface area contributed by atoms with Gasteiger partial charge in [-0.25, -0.2) is 4.68 Å². The molecule has 1 heterocycles. The van der Waals surface area contributed by atoms with Crippen LogP contribution in [0.5, 0.6) is 0 Å². The van der Waals surface area contributed by atoms with Crippen molar-refractivity contribution in [2.75, 3.05) is 0 Å². The summed E-state index contributed by atoms with van der Waals surface area (Å²) in [6, 6.07) is 9.39. The smallest absolute Gasteiger partial charge is 0.309 e. The minimum absolute atomic E-state index is 0.168. The highest BCUT2D eigenvalue weighted by molar-refractivity contribution is 6.31. The number of hydrogen-bond donors (Lipinski definition) is 1. The van der Waals surface area contributed by atoms with Crippen molar-refractivity contribution in [1.29, 1.82) is 0 Å². The first-order valence-electron chi connectivity index (χ1n) is 4.68. The van der Waals surface area contributed by atoms with Gasteiger partial charge in [0.25, 0.3) is 0 Å². The van der Waals surface area contributed by atoms with Crippen LogP contribution in [-0.2, 0) is 11.2 Å². The third-order valence-corrected chi connectivity index (χ3v) is 2.39. The third-order valence-electron chi connectivity index (χ3n) is 2.08. The molecule has 0 saturated carbocycles. The van der Waals surface area contributed by atoms with E-state index in [4.69, 9.17) is 16.7 Å². The molecule has 4 nitrogen and oxygen atoms in total. The number of para-hydroxylation sites is 1. The summed E-state index contributed by atoms with van der Waals surface area (Å²) in [7, 11) is 0. The van der Waals surface area contributed by atoms with Gasteiger partial charge in [-0.1, -0.05) is 29.8 Å². The number of nitrogens with zero attached hydrogens (tertiary/aromatic N) is 2. The van der Waals surface area contributed by atoms with Crippen LogP contribution in [0.3, 0.4) is 0 Å². The molecule has 0 aliphatic heterocycles. The molecule has 0 fully saturated rings. The monoisotopic (exact) mass is 236 g/mol. The summed E-state index contributed by atoms with van der Waals surface area (Å²) in [6.07, 6.45) is 1.44. The van der Waals surface area contributed by atoms with E-state index in [-0.39, 0.29) is 6.42 Å². The van der Waals surface area contributed by atoms with Crippen LogP contribution in [-0.4, -0.2) is 20.9 Å². The summed E-state index contributed by atoms with van der Waals surface area (Å²) >= 11 is 5.89. The van der Waals surface area contributed by atoms with Gasteiger partial charge in [0.2, 0.25) is 0 Å².